The number of methoxy groups -OCH3 is 1. The Hall–Kier alpha value is -2.09. The van der Waals surface area contributed by atoms with E-state index in [-0.39, 0.29) is 22.4 Å². The summed E-state index contributed by atoms with van der Waals surface area (Å²) in [5, 5.41) is 0.235. The molecule has 0 atom stereocenters. The molecule has 0 bridgehead atoms. The monoisotopic (exact) mass is 408 g/mol. The molecule has 3 rings (SSSR count). The van der Waals surface area contributed by atoms with Gasteiger partial charge in [0.2, 0.25) is 15.9 Å². The minimum absolute atomic E-state index is 0.0779. The maximum absolute atomic E-state index is 12.5. The molecule has 1 aliphatic rings. The molecule has 6 nitrogen and oxygen atoms in total. The minimum atomic E-state index is -3.70. The minimum Gasteiger partial charge on any atom is -0.495 e. The fraction of sp³-hybridized carbons (Fsp3) is 0.316. The van der Waals surface area contributed by atoms with Crippen molar-refractivity contribution in [1.82, 2.24) is 4.72 Å². The first-order valence-corrected chi connectivity index (χ1v) is 10.5. The third-order valence-corrected chi connectivity index (χ3v) is 6.24. The van der Waals surface area contributed by atoms with Crippen molar-refractivity contribution in [2.75, 3.05) is 18.6 Å². The number of nitrogens with one attached hydrogen (secondary N) is 1. The Kier molecular flexibility index (Phi) is 5.74. The summed E-state index contributed by atoms with van der Waals surface area (Å²) in [7, 11) is -2.23. The van der Waals surface area contributed by atoms with Gasteiger partial charge >= 0.3 is 0 Å². The van der Waals surface area contributed by atoms with Crippen molar-refractivity contribution in [1.29, 1.82) is 0 Å². The summed E-state index contributed by atoms with van der Waals surface area (Å²) in [5.74, 6) is 0.513. The molecule has 1 heterocycles. The fourth-order valence-corrected chi connectivity index (χ4v) is 4.46. The van der Waals surface area contributed by atoms with Gasteiger partial charge in [-0.15, -0.1) is 0 Å². The number of fused-ring (bicyclic) bond motifs is 1. The Morgan fingerprint density at radius 2 is 2.04 bits per heavy atom. The first-order valence-electron chi connectivity index (χ1n) is 8.61. The van der Waals surface area contributed by atoms with E-state index >= 15 is 0 Å². The number of benzene rings is 2. The highest BCUT2D eigenvalue weighted by Crippen LogP contribution is 2.30. The van der Waals surface area contributed by atoms with Gasteiger partial charge < -0.3 is 9.64 Å². The lowest BCUT2D eigenvalue weighted by Gasteiger charge is -2.16. The van der Waals surface area contributed by atoms with Gasteiger partial charge in [-0.2, -0.15) is 0 Å². The zero-order chi connectivity index (χ0) is 19.6. The van der Waals surface area contributed by atoms with E-state index in [0.29, 0.717) is 18.7 Å². The lowest BCUT2D eigenvalue weighted by molar-refractivity contribution is -0.118. The van der Waals surface area contributed by atoms with E-state index in [1.165, 1.54) is 25.3 Å². The third kappa shape index (κ3) is 4.10. The number of rotatable bonds is 6. The number of hydrogen-bond acceptors (Lipinski definition) is 4. The Bertz CT molecular complexity index is 976. The zero-order valence-corrected chi connectivity index (χ0v) is 16.7. The number of carbonyl (C=O) groups excluding carboxylic acids is 1. The lowest BCUT2D eigenvalue weighted by atomic mass is 10.1. The van der Waals surface area contributed by atoms with Gasteiger partial charge in [0.05, 0.1) is 17.0 Å². The first-order chi connectivity index (χ1) is 12.9. The Morgan fingerprint density at radius 3 is 2.70 bits per heavy atom. The average Bonchev–Trinajstić information content (AvgIpc) is 3.09. The highest BCUT2D eigenvalue weighted by Gasteiger charge is 2.24. The van der Waals surface area contributed by atoms with Gasteiger partial charge in [-0.1, -0.05) is 30.7 Å². The summed E-state index contributed by atoms with van der Waals surface area (Å²) >= 11 is 6.02. The normalized spacial score (nSPS) is 13.5. The highest BCUT2D eigenvalue weighted by atomic mass is 35.5. The van der Waals surface area contributed by atoms with Gasteiger partial charge in [0.15, 0.2) is 0 Å². The number of carbonyl (C=O) groups is 1. The van der Waals surface area contributed by atoms with Crippen LogP contribution in [0.15, 0.2) is 41.3 Å². The van der Waals surface area contributed by atoms with Crippen LogP contribution in [-0.2, 0) is 27.8 Å². The van der Waals surface area contributed by atoms with Gasteiger partial charge in [-0.05, 0) is 41.8 Å². The molecule has 1 amide bonds. The van der Waals surface area contributed by atoms with Crippen molar-refractivity contribution < 1.29 is 17.9 Å². The maximum Gasteiger partial charge on any atom is 0.240 e. The molecule has 0 spiro atoms. The fourth-order valence-electron chi connectivity index (χ4n) is 3.09. The van der Waals surface area contributed by atoms with Crippen molar-refractivity contribution in [3.8, 4) is 5.75 Å². The van der Waals surface area contributed by atoms with E-state index in [9.17, 15) is 13.2 Å². The van der Waals surface area contributed by atoms with Gasteiger partial charge in [0, 0.05) is 25.2 Å². The molecule has 1 aliphatic heterocycles. The van der Waals surface area contributed by atoms with E-state index in [1.807, 2.05) is 25.1 Å². The number of nitrogens with zero attached hydrogens (tertiary/aromatic N) is 1. The predicted molar refractivity (Wildman–Crippen MR) is 105 cm³/mol. The molecule has 0 saturated carbocycles. The van der Waals surface area contributed by atoms with E-state index in [4.69, 9.17) is 16.3 Å². The number of ether oxygens (including phenoxy) is 1. The van der Waals surface area contributed by atoms with Gasteiger partial charge in [-0.25, -0.2) is 13.1 Å². The van der Waals surface area contributed by atoms with E-state index in [2.05, 4.69) is 4.72 Å². The summed E-state index contributed by atoms with van der Waals surface area (Å²) in [4.78, 5) is 13.8. The largest absolute Gasteiger partial charge is 0.495 e. The molecule has 2 aromatic rings. The van der Waals surface area contributed by atoms with Gasteiger partial charge in [-0.3, -0.25) is 4.79 Å². The van der Waals surface area contributed by atoms with Crippen LogP contribution in [0.1, 0.15) is 24.5 Å². The number of sulfonamides is 1. The summed E-state index contributed by atoms with van der Waals surface area (Å²) < 4.78 is 32.6. The molecule has 0 radical (unpaired) electrons. The van der Waals surface area contributed by atoms with Crippen LogP contribution >= 0.6 is 11.6 Å². The standard InChI is InChI=1S/C19H21ClN2O4S/c1-3-19(23)22-9-8-14-10-13(4-6-17(14)22)12-21-27(24,25)15-5-7-18(26-2)16(20)11-15/h4-7,10-11,21H,3,8-9,12H2,1-2H3. The molecule has 0 unspecified atom stereocenters. The van der Waals surface area contributed by atoms with E-state index in [1.54, 1.807) is 4.90 Å². The van der Waals surface area contributed by atoms with Crippen LogP contribution in [0.2, 0.25) is 5.02 Å². The molecule has 8 heteroatoms. The van der Waals surface area contributed by atoms with Gasteiger partial charge in [0.1, 0.15) is 5.75 Å². The summed E-state index contributed by atoms with van der Waals surface area (Å²) in [5.41, 5.74) is 2.80. The molecule has 0 saturated heterocycles. The van der Waals surface area contributed by atoms with Crippen molar-refractivity contribution in [2.24, 2.45) is 0 Å². The van der Waals surface area contributed by atoms with Crippen LogP contribution in [0.3, 0.4) is 0 Å². The summed E-state index contributed by atoms with van der Waals surface area (Å²) in [6, 6.07) is 9.99. The second kappa shape index (κ2) is 7.88. The smallest absolute Gasteiger partial charge is 0.240 e. The van der Waals surface area contributed by atoms with Crippen LogP contribution in [0.25, 0.3) is 0 Å². The summed E-state index contributed by atoms with van der Waals surface area (Å²) in [6.45, 7) is 2.66. The number of amides is 1. The van der Waals surface area contributed by atoms with Crippen LogP contribution in [0.4, 0.5) is 5.69 Å². The van der Waals surface area contributed by atoms with Crippen molar-refractivity contribution in [3.05, 3.63) is 52.5 Å². The average molecular weight is 409 g/mol. The van der Waals surface area contributed by atoms with Crippen molar-refractivity contribution >= 4 is 33.2 Å². The zero-order valence-electron chi connectivity index (χ0n) is 15.2. The molecule has 2 aromatic carbocycles. The molecular weight excluding hydrogens is 388 g/mol. The van der Waals surface area contributed by atoms with E-state index in [0.717, 1.165) is 23.2 Å². The quantitative estimate of drug-likeness (QED) is 0.796. The molecular formula is C19H21ClN2O4S. The van der Waals surface area contributed by atoms with Crippen molar-refractivity contribution in [2.45, 2.75) is 31.2 Å². The topological polar surface area (TPSA) is 75.7 Å². The molecule has 27 heavy (non-hydrogen) atoms. The lowest BCUT2D eigenvalue weighted by Crippen LogP contribution is -2.27. The Balaban J connectivity index is 1.73. The molecule has 0 aliphatic carbocycles. The van der Waals surface area contributed by atoms with Crippen molar-refractivity contribution in [3.63, 3.8) is 0 Å². The summed E-state index contributed by atoms with van der Waals surface area (Å²) in [6.07, 6.45) is 1.24. The first kappa shape index (κ1) is 19.7. The third-order valence-electron chi connectivity index (χ3n) is 4.54. The van der Waals surface area contributed by atoms with Crippen LogP contribution in [0, 0.1) is 0 Å². The molecule has 1 N–H and O–H groups in total. The SMILES string of the molecule is CCC(=O)N1CCc2cc(CNS(=O)(=O)c3ccc(OC)c(Cl)c3)ccc21. The molecule has 0 fully saturated rings. The Labute approximate surface area is 164 Å². The highest BCUT2D eigenvalue weighted by molar-refractivity contribution is 7.89. The number of halogens is 1. The number of hydrogen-bond donors (Lipinski definition) is 1. The number of anilines is 1. The van der Waals surface area contributed by atoms with Crippen LogP contribution in [0.5, 0.6) is 5.75 Å². The second-order valence-corrected chi connectivity index (χ2v) is 8.41. The molecule has 0 aromatic heterocycles. The van der Waals surface area contributed by atoms with Crippen LogP contribution < -0.4 is 14.4 Å². The predicted octanol–water partition coefficient (Wildman–Crippen LogP) is 3.13. The van der Waals surface area contributed by atoms with Crippen LogP contribution in [-0.4, -0.2) is 28.0 Å². The second-order valence-electron chi connectivity index (χ2n) is 6.23. The maximum atomic E-state index is 12.5. The Morgan fingerprint density at radius 1 is 1.26 bits per heavy atom. The van der Waals surface area contributed by atoms with Gasteiger partial charge in [0.25, 0.3) is 0 Å². The molecule has 144 valence electrons. The van der Waals surface area contributed by atoms with E-state index < -0.39 is 10.0 Å².